The van der Waals surface area contributed by atoms with E-state index in [2.05, 4.69) is 10.2 Å². The van der Waals surface area contributed by atoms with Gasteiger partial charge in [-0.05, 0) is 37.3 Å². The maximum atomic E-state index is 12.9. The number of rotatable bonds is 1. The largest absolute Gasteiger partial charge is 0.284 e. The monoisotopic (exact) mass is 275 g/mol. The highest BCUT2D eigenvalue weighted by molar-refractivity contribution is 6.04. The number of H-pyrrole nitrogens is 1. The zero-order valence-corrected chi connectivity index (χ0v) is 11.5. The Balaban J connectivity index is 1.82. The van der Waals surface area contributed by atoms with Gasteiger partial charge in [0.25, 0.3) is 5.91 Å². The maximum Gasteiger partial charge on any atom is 0.262 e. The summed E-state index contributed by atoms with van der Waals surface area (Å²) in [5, 5.41) is 7.12. The fourth-order valence-corrected chi connectivity index (χ4v) is 2.73. The average molecular weight is 275 g/mol. The summed E-state index contributed by atoms with van der Waals surface area (Å²) >= 11 is 0. The van der Waals surface area contributed by atoms with Crippen molar-refractivity contribution < 1.29 is 4.79 Å². The molecule has 102 valence electrons. The van der Waals surface area contributed by atoms with Crippen LogP contribution in [-0.4, -0.2) is 21.0 Å². The third kappa shape index (κ3) is 1.76. The summed E-state index contributed by atoms with van der Waals surface area (Å²) < 4.78 is 0. The summed E-state index contributed by atoms with van der Waals surface area (Å²) in [5.74, 6) is -0.0331. The number of aryl methyl sites for hydroxylation is 1. The molecule has 3 heterocycles. The van der Waals surface area contributed by atoms with Gasteiger partial charge >= 0.3 is 0 Å². The summed E-state index contributed by atoms with van der Waals surface area (Å²) in [5.41, 5.74) is 5.26. The lowest BCUT2D eigenvalue weighted by Crippen LogP contribution is -2.31. The first-order chi connectivity index (χ1) is 10.2. The number of hydrogen-bond donors (Lipinski definition) is 1. The van der Waals surface area contributed by atoms with Gasteiger partial charge in [-0.15, -0.1) is 0 Å². The van der Waals surface area contributed by atoms with E-state index in [0.717, 1.165) is 28.2 Å². The van der Waals surface area contributed by atoms with Crippen LogP contribution in [0.3, 0.4) is 0 Å². The number of carbonyl (C=O) groups is 1. The van der Waals surface area contributed by atoms with Crippen LogP contribution in [0.15, 0.2) is 54.4 Å². The van der Waals surface area contributed by atoms with Crippen molar-refractivity contribution in [3.8, 4) is 0 Å². The number of aromatic amines is 1. The van der Waals surface area contributed by atoms with Gasteiger partial charge in [-0.25, -0.2) is 0 Å². The minimum Gasteiger partial charge on any atom is -0.284 e. The van der Waals surface area contributed by atoms with Crippen LogP contribution in [0.5, 0.6) is 0 Å². The van der Waals surface area contributed by atoms with Gasteiger partial charge in [0.2, 0.25) is 0 Å². The third-order valence-electron chi connectivity index (χ3n) is 3.70. The number of fused-ring (bicyclic) bond motifs is 4. The summed E-state index contributed by atoms with van der Waals surface area (Å²) in [6, 6.07) is 7.64. The first-order valence-corrected chi connectivity index (χ1v) is 6.79. The number of hydrogen-bond acceptors (Lipinski definition) is 2. The molecule has 1 aromatic heterocycles. The van der Waals surface area contributed by atoms with Crippen LogP contribution in [0.1, 0.15) is 27.2 Å². The normalized spacial score (nSPS) is 15.4. The van der Waals surface area contributed by atoms with E-state index < -0.39 is 0 Å². The van der Waals surface area contributed by atoms with Crippen molar-refractivity contribution >= 4 is 17.7 Å². The second-order valence-electron chi connectivity index (χ2n) is 5.18. The number of allylic oxidation sites excluding steroid dienone is 3. The summed E-state index contributed by atoms with van der Waals surface area (Å²) in [4.78, 5) is 14.6. The minimum absolute atomic E-state index is 0.0331. The predicted molar refractivity (Wildman–Crippen MR) is 81.0 cm³/mol. The van der Waals surface area contributed by atoms with Gasteiger partial charge in [-0.2, -0.15) is 5.10 Å². The molecule has 1 aromatic carbocycles. The molecule has 1 amide bonds. The first kappa shape index (κ1) is 11.9. The molecule has 1 N–H and O–H groups in total. The fraction of sp³-hybridized carbons (Fsp3) is 0.0588. The average Bonchev–Trinajstić information content (AvgIpc) is 2.94. The number of nitrogens with one attached hydrogen (secondary N) is 1. The Morgan fingerprint density at radius 3 is 3.10 bits per heavy atom. The number of carbonyl (C=O) groups excluding carboxylic acids is 1. The molecule has 0 aliphatic carbocycles. The lowest BCUT2D eigenvalue weighted by molar-refractivity contribution is 0.0870. The third-order valence-corrected chi connectivity index (χ3v) is 3.70. The van der Waals surface area contributed by atoms with Gasteiger partial charge in [0.05, 0.1) is 11.4 Å². The molecule has 4 heteroatoms. The van der Waals surface area contributed by atoms with E-state index in [9.17, 15) is 4.79 Å². The van der Waals surface area contributed by atoms with Crippen LogP contribution >= 0.6 is 0 Å². The van der Waals surface area contributed by atoms with E-state index in [-0.39, 0.29) is 5.91 Å². The van der Waals surface area contributed by atoms with Crippen LogP contribution in [0.2, 0.25) is 0 Å². The topological polar surface area (TPSA) is 49.0 Å². The van der Waals surface area contributed by atoms with Crippen molar-refractivity contribution in [1.29, 1.82) is 0 Å². The van der Waals surface area contributed by atoms with Gasteiger partial charge < -0.3 is 0 Å². The second-order valence-corrected chi connectivity index (χ2v) is 5.18. The molecule has 4 rings (SSSR count). The van der Waals surface area contributed by atoms with E-state index in [1.807, 2.05) is 61.7 Å². The molecule has 0 saturated carbocycles. The molecule has 2 aliphatic rings. The molecular formula is C17H13N3O. The van der Waals surface area contributed by atoms with E-state index in [1.54, 1.807) is 4.90 Å². The molecule has 2 aliphatic heterocycles. The first-order valence-electron chi connectivity index (χ1n) is 6.79. The molecule has 0 spiro atoms. The summed E-state index contributed by atoms with van der Waals surface area (Å²) in [6.45, 7) is 1.98. The van der Waals surface area contributed by atoms with Crippen LogP contribution in [-0.2, 0) is 0 Å². The smallest absolute Gasteiger partial charge is 0.262 e. The van der Waals surface area contributed by atoms with E-state index in [0.29, 0.717) is 5.56 Å². The Labute approximate surface area is 122 Å². The number of nitrogens with zero attached hydrogens (tertiary/aromatic N) is 2. The van der Waals surface area contributed by atoms with Crippen LogP contribution in [0.4, 0.5) is 0 Å². The van der Waals surface area contributed by atoms with E-state index in [4.69, 9.17) is 0 Å². The Morgan fingerprint density at radius 1 is 1.33 bits per heavy atom. The molecule has 2 aromatic rings. The van der Waals surface area contributed by atoms with Gasteiger partial charge in [0, 0.05) is 17.3 Å². The Hall–Kier alpha value is -2.88. The van der Waals surface area contributed by atoms with E-state index >= 15 is 0 Å². The molecular weight excluding hydrogens is 262 g/mol. The Kier molecular flexibility index (Phi) is 2.44. The number of benzene rings is 1. The number of amides is 1. The zero-order chi connectivity index (χ0) is 14.4. The van der Waals surface area contributed by atoms with Crippen molar-refractivity contribution in [3.05, 3.63) is 76.8 Å². The lowest BCUT2D eigenvalue weighted by atomic mass is 10.00. The molecule has 0 saturated heterocycles. The van der Waals surface area contributed by atoms with E-state index in [1.165, 1.54) is 0 Å². The highest BCUT2D eigenvalue weighted by atomic mass is 16.2. The SMILES string of the molecule is Cc1cccc(C(=O)N2C3=Cc4c[nH]nc4C2=CC=C3)c1. The summed E-state index contributed by atoms with van der Waals surface area (Å²) in [6.07, 6.45) is 9.62. The lowest BCUT2D eigenvalue weighted by Gasteiger charge is -2.31. The van der Waals surface area contributed by atoms with Crippen molar-refractivity contribution in [2.45, 2.75) is 6.92 Å². The fourth-order valence-electron chi connectivity index (χ4n) is 2.73. The quantitative estimate of drug-likeness (QED) is 0.869. The molecule has 2 bridgehead atoms. The number of aromatic nitrogens is 2. The zero-order valence-electron chi connectivity index (χ0n) is 11.5. The van der Waals surface area contributed by atoms with Crippen LogP contribution in [0.25, 0.3) is 11.8 Å². The molecule has 0 unspecified atom stereocenters. The van der Waals surface area contributed by atoms with Crippen molar-refractivity contribution in [1.82, 2.24) is 15.1 Å². The Bertz CT molecular complexity index is 839. The predicted octanol–water partition coefficient (Wildman–Crippen LogP) is 3.13. The van der Waals surface area contributed by atoms with Crippen LogP contribution < -0.4 is 0 Å². The highest BCUT2D eigenvalue weighted by Crippen LogP contribution is 2.36. The van der Waals surface area contributed by atoms with Gasteiger partial charge in [0.1, 0.15) is 5.69 Å². The van der Waals surface area contributed by atoms with Crippen molar-refractivity contribution in [3.63, 3.8) is 0 Å². The minimum atomic E-state index is -0.0331. The molecule has 0 atom stereocenters. The second kappa shape index (κ2) is 4.31. The standard InChI is InChI=1S/C17H13N3O/c1-11-4-2-5-12(8-11)17(21)20-14-6-3-7-15(20)16-13(9-14)10-18-19-16/h2-10H,1H3,(H,18,19). The Morgan fingerprint density at radius 2 is 2.24 bits per heavy atom. The van der Waals surface area contributed by atoms with Crippen molar-refractivity contribution in [2.24, 2.45) is 0 Å². The van der Waals surface area contributed by atoms with Gasteiger partial charge in [0.15, 0.2) is 0 Å². The van der Waals surface area contributed by atoms with Crippen LogP contribution in [0, 0.1) is 6.92 Å². The van der Waals surface area contributed by atoms with Crippen molar-refractivity contribution in [2.75, 3.05) is 0 Å². The molecule has 21 heavy (non-hydrogen) atoms. The molecule has 0 fully saturated rings. The van der Waals surface area contributed by atoms with Gasteiger partial charge in [-0.1, -0.05) is 23.8 Å². The summed E-state index contributed by atoms with van der Waals surface area (Å²) in [7, 11) is 0. The molecule has 0 radical (unpaired) electrons. The van der Waals surface area contributed by atoms with Gasteiger partial charge in [-0.3, -0.25) is 14.8 Å². The molecule has 4 nitrogen and oxygen atoms in total. The highest BCUT2D eigenvalue weighted by Gasteiger charge is 2.31. The maximum absolute atomic E-state index is 12.9.